The Hall–Kier alpha value is -1.93. The third-order valence-electron chi connectivity index (χ3n) is 4.22. The smallest absolute Gasteiger partial charge is 0.326 e. The number of nitrogens with zero attached hydrogens (tertiary/aromatic N) is 2. The number of carboxylic acid groups (broad SMARTS) is 1. The van der Waals surface area contributed by atoms with Crippen LogP contribution < -0.4 is 0 Å². The molecule has 1 aliphatic rings. The quantitative estimate of drug-likeness (QED) is 0.833. The Bertz CT molecular complexity index is 728. The first-order valence-corrected chi connectivity index (χ1v) is 9.40. The van der Waals surface area contributed by atoms with Gasteiger partial charge in [-0.1, -0.05) is 19.9 Å². The van der Waals surface area contributed by atoms with Crippen molar-refractivity contribution in [3.05, 3.63) is 29.8 Å². The normalized spacial score (nSPS) is 18.1. The summed E-state index contributed by atoms with van der Waals surface area (Å²) < 4.78 is 26.5. The van der Waals surface area contributed by atoms with Crippen LogP contribution in [0.2, 0.25) is 0 Å². The molecule has 0 saturated carbocycles. The van der Waals surface area contributed by atoms with Crippen LogP contribution in [0.15, 0.2) is 29.2 Å². The van der Waals surface area contributed by atoms with Gasteiger partial charge >= 0.3 is 5.97 Å². The Balaban J connectivity index is 2.34. The second kappa shape index (κ2) is 7.31. The molecule has 1 aromatic carbocycles. The zero-order chi connectivity index (χ0) is 17.9. The molecular weight excluding hydrogens is 332 g/mol. The van der Waals surface area contributed by atoms with E-state index < -0.39 is 27.9 Å². The highest BCUT2D eigenvalue weighted by atomic mass is 32.2. The highest BCUT2D eigenvalue weighted by molar-refractivity contribution is 7.89. The molecule has 0 aliphatic carbocycles. The summed E-state index contributed by atoms with van der Waals surface area (Å²) in [7, 11) is -3.66. The Morgan fingerprint density at radius 1 is 1.29 bits per heavy atom. The van der Waals surface area contributed by atoms with E-state index in [-0.39, 0.29) is 10.5 Å². The van der Waals surface area contributed by atoms with E-state index in [0.29, 0.717) is 32.5 Å². The van der Waals surface area contributed by atoms with Crippen molar-refractivity contribution in [1.29, 1.82) is 0 Å². The van der Waals surface area contributed by atoms with E-state index in [1.807, 2.05) is 0 Å². The first kappa shape index (κ1) is 18.4. The van der Waals surface area contributed by atoms with E-state index >= 15 is 0 Å². The number of benzene rings is 1. The van der Waals surface area contributed by atoms with Gasteiger partial charge in [0.05, 0.1) is 4.90 Å². The van der Waals surface area contributed by atoms with Crippen molar-refractivity contribution in [1.82, 2.24) is 9.21 Å². The minimum atomic E-state index is -3.66. The lowest BCUT2D eigenvalue weighted by molar-refractivity contribution is -0.141. The van der Waals surface area contributed by atoms with Crippen LogP contribution in [0.25, 0.3) is 0 Å². The minimum absolute atomic E-state index is 0.0446. The molecular formula is C16H22N2O5S. The van der Waals surface area contributed by atoms with Crippen molar-refractivity contribution in [2.75, 3.05) is 19.6 Å². The molecule has 0 aromatic heterocycles. The van der Waals surface area contributed by atoms with Crippen LogP contribution in [0.3, 0.4) is 0 Å². The van der Waals surface area contributed by atoms with E-state index in [0.717, 1.165) is 0 Å². The van der Waals surface area contributed by atoms with Gasteiger partial charge < -0.3 is 10.0 Å². The van der Waals surface area contributed by atoms with Crippen molar-refractivity contribution in [2.45, 2.75) is 37.6 Å². The largest absolute Gasteiger partial charge is 0.480 e. The van der Waals surface area contributed by atoms with E-state index in [9.17, 15) is 23.1 Å². The van der Waals surface area contributed by atoms with E-state index in [1.165, 1.54) is 33.5 Å². The summed E-state index contributed by atoms with van der Waals surface area (Å²) in [6.45, 7) is 4.53. The summed E-state index contributed by atoms with van der Waals surface area (Å²) >= 11 is 0. The van der Waals surface area contributed by atoms with E-state index in [4.69, 9.17) is 0 Å². The van der Waals surface area contributed by atoms with E-state index in [1.54, 1.807) is 13.8 Å². The monoisotopic (exact) mass is 354 g/mol. The summed E-state index contributed by atoms with van der Waals surface area (Å²) in [6, 6.07) is 4.95. The number of sulfonamides is 1. The number of hydrogen-bond acceptors (Lipinski definition) is 4. The van der Waals surface area contributed by atoms with Gasteiger partial charge in [-0.25, -0.2) is 13.2 Å². The maximum atomic E-state index is 12.6. The number of aliphatic carboxylic acids is 1. The lowest BCUT2D eigenvalue weighted by Crippen LogP contribution is -2.40. The van der Waals surface area contributed by atoms with Gasteiger partial charge in [-0.2, -0.15) is 4.31 Å². The Labute approximate surface area is 141 Å². The zero-order valence-corrected chi connectivity index (χ0v) is 14.6. The van der Waals surface area contributed by atoms with Gasteiger partial charge in [0.1, 0.15) is 6.04 Å². The maximum absolute atomic E-state index is 12.6. The summed E-state index contributed by atoms with van der Waals surface area (Å²) in [5, 5.41) is 9.20. The molecule has 1 atom stereocenters. The number of carboxylic acids is 1. The molecule has 1 amide bonds. The van der Waals surface area contributed by atoms with Crippen LogP contribution in [-0.4, -0.2) is 60.3 Å². The van der Waals surface area contributed by atoms with Crippen molar-refractivity contribution in [2.24, 2.45) is 0 Å². The minimum Gasteiger partial charge on any atom is -0.480 e. The topological polar surface area (TPSA) is 95.0 Å². The molecule has 0 unspecified atom stereocenters. The van der Waals surface area contributed by atoms with Gasteiger partial charge in [0.2, 0.25) is 10.0 Å². The zero-order valence-electron chi connectivity index (χ0n) is 13.8. The molecule has 7 nitrogen and oxygen atoms in total. The fourth-order valence-electron chi connectivity index (χ4n) is 2.93. The number of rotatable bonds is 6. The molecule has 8 heteroatoms. The third kappa shape index (κ3) is 3.44. The van der Waals surface area contributed by atoms with E-state index in [2.05, 4.69) is 0 Å². The van der Waals surface area contributed by atoms with Gasteiger partial charge in [-0.05, 0) is 31.0 Å². The molecule has 0 radical (unpaired) electrons. The van der Waals surface area contributed by atoms with Crippen molar-refractivity contribution in [3.63, 3.8) is 0 Å². The summed E-state index contributed by atoms with van der Waals surface area (Å²) in [6.07, 6.45) is 1.04. The Kier molecular flexibility index (Phi) is 5.61. The summed E-state index contributed by atoms with van der Waals surface area (Å²) in [5.41, 5.74) is 0.191. The van der Waals surface area contributed by atoms with Crippen molar-refractivity contribution < 1.29 is 23.1 Å². The summed E-state index contributed by atoms with van der Waals surface area (Å²) in [4.78, 5) is 25.2. The number of likely N-dealkylation sites (tertiary alicyclic amines) is 1. The molecule has 1 saturated heterocycles. The second-order valence-corrected chi connectivity index (χ2v) is 7.55. The Morgan fingerprint density at radius 3 is 2.54 bits per heavy atom. The van der Waals surface area contributed by atoms with Gasteiger partial charge in [-0.15, -0.1) is 0 Å². The van der Waals surface area contributed by atoms with Gasteiger partial charge in [0.15, 0.2) is 0 Å². The SMILES string of the molecule is CCN(CC)S(=O)(=O)c1cccc(C(=O)N2CCC[C@H]2C(=O)O)c1. The van der Waals surface area contributed by atoms with Crippen molar-refractivity contribution >= 4 is 21.9 Å². The first-order valence-electron chi connectivity index (χ1n) is 7.96. The average Bonchev–Trinajstić information content (AvgIpc) is 3.05. The predicted molar refractivity (Wildman–Crippen MR) is 88.2 cm³/mol. The van der Waals surface area contributed by atoms with Gasteiger partial charge in [0.25, 0.3) is 5.91 Å². The molecule has 0 bridgehead atoms. The Morgan fingerprint density at radius 2 is 1.96 bits per heavy atom. The fraction of sp³-hybridized carbons (Fsp3) is 0.500. The van der Waals surface area contributed by atoms with Gasteiger partial charge in [-0.3, -0.25) is 4.79 Å². The van der Waals surface area contributed by atoms with Gasteiger partial charge in [0, 0.05) is 25.2 Å². The fourth-order valence-corrected chi connectivity index (χ4v) is 4.44. The lowest BCUT2D eigenvalue weighted by Gasteiger charge is -2.22. The number of hydrogen-bond donors (Lipinski definition) is 1. The van der Waals surface area contributed by atoms with Crippen LogP contribution in [-0.2, 0) is 14.8 Å². The molecule has 1 aliphatic heterocycles. The molecule has 132 valence electrons. The van der Waals surface area contributed by atoms with Crippen LogP contribution in [0.5, 0.6) is 0 Å². The van der Waals surface area contributed by atoms with Crippen LogP contribution in [0, 0.1) is 0 Å². The highest BCUT2D eigenvalue weighted by Crippen LogP contribution is 2.22. The van der Waals surface area contributed by atoms with Crippen LogP contribution >= 0.6 is 0 Å². The number of amides is 1. The lowest BCUT2D eigenvalue weighted by atomic mass is 10.1. The molecule has 1 aromatic rings. The predicted octanol–water partition coefficient (Wildman–Crippen LogP) is 1.41. The highest BCUT2D eigenvalue weighted by Gasteiger charge is 2.34. The number of carbonyl (C=O) groups is 2. The molecule has 1 N–H and O–H groups in total. The number of carbonyl (C=O) groups excluding carboxylic acids is 1. The first-order chi connectivity index (χ1) is 11.3. The summed E-state index contributed by atoms with van der Waals surface area (Å²) in [5.74, 6) is -1.48. The maximum Gasteiger partial charge on any atom is 0.326 e. The molecule has 0 spiro atoms. The molecule has 1 heterocycles. The third-order valence-corrected chi connectivity index (χ3v) is 6.27. The standard InChI is InChI=1S/C16H22N2O5S/c1-3-17(4-2)24(22,23)13-8-5-7-12(11-13)15(19)18-10-6-9-14(18)16(20)21/h5,7-8,11,14H,3-4,6,9-10H2,1-2H3,(H,20,21)/t14-/m0/s1. The molecule has 2 rings (SSSR count). The molecule has 24 heavy (non-hydrogen) atoms. The average molecular weight is 354 g/mol. The van der Waals surface area contributed by atoms with Crippen LogP contribution in [0.1, 0.15) is 37.0 Å². The van der Waals surface area contributed by atoms with Crippen molar-refractivity contribution in [3.8, 4) is 0 Å². The van der Waals surface area contributed by atoms with Crippen LogP contribution in [0.4, 0.5) is 0 Å². The molecule has 1 fully saturated rings. The second-order valence-electron chi connectivity index (χ2n) is 5.61.